The minimum absolute atomic E-state index is 0.212. The summed E-state index contributed by atoms with van der Waals surface area (Å²) in [5, 5.41) is -0.662. The Balaban J connectivity index is 2.02. The average molecular weight is 317 g/mol. The fourth-order valence-corrected chi connectivity index (χ4v) is 5.53. The van der Waals surface area contributed by atoms with Crippen LogP contribution in [-0.2, 0) is 14.6 Å². The van der Waals surface area contributed by atoms with E-state index in [0.29, 0.717) is 4.90 Å². The van der Waals surface area contributed by atoms with Crippen LogP contribution in [0, 0.1) is 0 Å². The number of sulfone groups is 1. The van der Waals surface area contributed by atoms with Crippen molar-refractivity contribution >= 4 is 9.84 Å². The lowest BCUT2D eigenvalue weighted by Gasteiger charge is -2.11. The molecule has 0 aromatic heterocycles. The highest BCUT2D eigenvalue weighted by Crippen LogP contribution is 2.55. The van der Waals surface area contributed by atoms with Gasteiger partial charge in [0.05, 0.1) is 22.3 Å². The second-order valence-electron chi connectivity index (χ2n) is 5.71. The van der Waals surface area contributed by atoms with E-state index in [0.717, 1.165) is 5.56 Å². The molecular formula is C17H19NO3S. The van der Waals surface area contributed by atoms with E-state index in [2.05, 4.69) is 0 Å². The van der Waals surface area contributed by atoms with Crippen LogP contribution in [-0.4, -0.2) is 32.9 Å². The van der Waals surface area contributed by atoms with Crippen LogP contribution in [0.1, 0.15) is 11.5 Å². The minimum atomic E-state index is -3.50. The van der Waals surface area contributed by atoms with Gasteiger partial charge in [0.25, 0.3) is 0 Å². The number of hydrogen-bond acceptors (Lipinski definition) is 4. The predicted molar refractivity (Wildman–Crippen MR) is 85.4 cm³/mol. The Morgan fingerprint density at radius 2 is 1.59 bits per heavy atom. The molecule has 1 saturated carbocycles. The van der Waals surface area contributed by atoms with Gasteiger partial charge in [0, 0.05) is 13.0 Å². The molecule has 1 aliphatic rings. The minimum Gasteiger partial charge on any atom is -0.383 e. The Kier molecular flexibility index (Phi) is 3.80. The molecule has 2 N–H and O–H groups in total. The molecule has 0 amide bonds. The summed E-state index contributed by atoms with van der Waals surface area (Å²) < 4.78 is 31.1. The van der Waals surface area contributed by atoms with Gasteiger partial charge in [0.1, 0.15) is 0 Å². The molecule has 2 aromatic rings. The lowest BCUT2D eigenvalue weighted by atomic mass is 10.1. The van der Waals surface area contributed by atoms with Gasteiger partial charge in [-0.15, -0.1) is 0 Å². The lowest BCUT2D eigenvalue weighted by Crippen LogP contribution is -2.35. The molecule has 5 heteroatoms. The molecule has 22 heavy (non-hydrogen) atoms. The number of hydrogen-bond donors (Lipinski definition) is 1. The largest absolute Gasteiger partial charge is 0.383 e. The van der Waals surface area contributed by atoms with Crippen molar-refractivity contribution < 1.29 is 13.2 Å². The van der Waals surface area contributed by atoms with Crippen molar-refractivity contribution in [2.75, 3.05) is 13.7 Å². The number of benzene rings is 2. The Bertz CT molecular complexity index is 746. The van der Waals surface area contributed by atoms with Crippen LogP contribution in [0.3, 0.4) is 0 Å². The predicted octanol–water partition coefficient (Wildman–Crippen LogP) is 1.97. The van der Waals surface area contributed by atoms with Crippen molar-refractivity contribution in [3.8, 4) is 0 Å². The van der Waals surface area contributed by atoms with Gasteiger partial charge >= 0.3 is 0 Å². The third-order valence-electron chi connectivity index (χ3n) is 4.26. The maximum atomic E-state index is 12.9. The van der Waals surface area contributed by atoms with Crippen LogP contribution in [0.25, 0.3) is 0 Å². The molecule has 4 nitrogen and oxygen atoms in total. The van der Waals surface area contributed by atoms with E-state index in [9.17, 15) is 8.42 Å². The summed E-state index contributed by atoms with van der Waals surface area (Å²) in [5.41, 5.74) is 6.45. The zero-order valence-corrected chi connectivity index (χ0v) is 13.2. The van der Waals surface area contributed by atoms with E-state index < -0.39 is 20.6 Å². The zero-order chi connectivity index (χ0) is 15.8. The topological polar surface area (TPSA) is 69.4 Å². The molecule has 3 rings (SSSR count). The molecule has 1 fully saturated rings. The van der Waals surface area contributed by atoms with Gasteiger partial charge in [-0.2, -0.15) is 0 Å². The summed E-state index contributed by atoms with van der Waals surface area (Å²) in [7, 11) is -1.96. The third-order valence-corrected chi connectivity index (χ3v) is 6.57. The lowest BCUT2D eigenvalue weighted by molar-refractivity contribution is 0.171. The van der Waals surface area contributed by atoms with E-state index in [-0.39, 0.29) is 12.5 Å². The smallest absolute Gasteiger partial charge is 0.183 e. The highest BCUT2D eigenvalue weighted by molar-refractivity contribution is 7.92. The van der Waals surface area contributed by atoms with Crippen molar-refractivity contribution in [2.24, 2.45) is 5.73 Å². The molecule has 0 heterocycles. The first-order valence-corrected chi connectivity index (χ1v) is 8.68. The van der Waals surface area contributed by atoms with Crippen LogP contribution in [0.4, 0.5) is 0 Å². The molecular weight excluding hydrogens is 298 g/mol. The standard InChI is InChI=1S/C17H19NO3S/c1-21-12-17(18)15(13-8-4-2-5-9-13)16(17)22(19,20)14-10-6-3-7-11-14/h2-11,15-16H,12,18H2,1H3/t15-,16+,17+/m1/s1. The highest BCUT2D eigenvalue weighted by Gasteiger charge is 2.69. The first-order chi connectivity index (χ1) is 10.5. The van der Waals surface area contributed by atoms with Crippen LogP contribution in [0.15, 0.2) is 65.6 Å². The molecule has 0 saturated heterocycles. The Labute approximate surface area is 130 Å². The Morgan fingerprint density at radius 1 is 1.05 bits per heavy atom. The first kappa shape index (κ1) is 15.2. The van der Waals surface area contributed by atoms with E-state index >= 15 is 0 Å². The average Bonchev–Trinajstić information content (AvgIpc) is 3.16. The quantitative estimate of drug-likeness (QED) is 0.915. The molecule has 3 atom stereocenters. The van der Waals surface area contributed by atoms with E-state index in [1.807, 2.05) is 30.3 Å². The third kappa shape index (κ3) is 2.35. The Hall–Kier alpha value is -1.69. The van der Waals surface area contributed by atoms with Crippen molar-refractivity contribution in [1.82, 2.24) is 0 Å². The maximum absolute atomic E-state index is 12.9. The second-order valence-corrected chi connectivity index (χ2v) is 7.78. The molecule has 1 aliphatic carbocycles. The van der Waals surface area contributed by atoms with Gasteiger partial charge in [-0.3, -0.25) is 0 Å². The molecule has 0 aliphatic heterocycles. The molecule has 0 bridgehead atoms. The van der Waals surface area contributed by atoms with Crippen molar-refractivity contribution in [1.29, 1.82) is 0 Å². The van der Waals surface area contributed by atoms with Gasteiger partial charge in [-0.25, -0.2) is 8.42 Å². The summed E-state index contributed by atoms with van der Waals surface area (Å²) in [6.07, 6.45) is 0. The number of ether oxygens (including phenoxy) is 1. The Morgan fingerprint density at radius 3 is 2.14 bits per heavy atom. The first-order valence-electron chi connectivity index (χ1n) is 7.13. The monoisotopic (exact) mass is 317 g/mol. The number of nitrogens with two attached hydrogens (primary N) is 1. The van der Waals surface area contributed by atoms with E-state index in [1.54, 1.807) is 37.4 Å². The SMILES string of the molecule is COC[C@]1(N)[C@H](c2ccccc2)[C@@H]1S(=O)(=O)c1ccccc1. The van der Waals surface area contributed by atoms with Crippen molar-refractivity contribution in [3.05, 3.63) is 66.2 Å². The summed E-state index contributed by atoms with van der Waals surface area (Å²) in [6.45, 7) is 0.212. The van der Waals surface area contributed by atoms with Gasteiger partial charge in [-0.1, -0.05) is 48.5 Å². The highest BCUT2D eigenvalue weighted by atomic mass is 32.2. The van der Waals surface area contributed by atoms with Crippen molar-refractivity contribution in [2.45, 2.75) is 21.6 Å². The fourth-order valence-electron chi connectivity index (χ4n) is 3.22. The zero-order valence-electron chi connectivity index (χ0n) is 12.3. The summed E-state index contributed by atoms with van der Waals surface area (Å²) in [5.74, 6) is -0.251. The number of methoxy groups -OCH3 is 1. The molecule has 2 aromatic carbocycles. The molecule has 0 unspecified atom stereocenters. The summed E-state index contributed by atoms with van der Waals surface area (Å²) in [4.78, 5) is 0.310. The van der Waals surface area contributed by atoms with E-state index in [4.69, 9.17) is 10.5 Å². The second kappa shape index (κ2) is 5.50. The van der Waals surface area contributed by atoms with Crippen LogP contribution in [0.2, 0.25) is 0 Å². The normalized spacial score (nSPS) is 27.5. The van der Waals surface area contributed by atoms with Crippen molar-refractivity contribution in [3.63, 3.8) is 0 Å². The molecule has 0 spiro atoms. The molecule has 116 valence electrons. The van der Waals surface area contributed by atoms with Gasteiger partial charge < -0.3 is 10.5 Å². The van der Waals surface area contributed by atoms with E-state index in [1.165, 1.54) is 0 Å². The number of rotatable bonds is 5. The fraction of sp³-hybridized carbons (Fsp3) is 0.294. The van der Waals surface area contributed by atoms with Gasteiger partial charge in [0.2, 0.25) is 0 Å². The summed E-state index contributed by atoms with van der Waals surface area (Å²) >= 11 is 0. The van der Waals surface area contributed by atoms with Crippen LogP contribution >= 0.6 is 0 Å². The maximum Gasteiger partial charge on any atom is 0.183 e. The van der Waals surface area contributed by atoms with Crippen LogP contribution < -0.4 is 5.73 Å². The van der Waals surface area contributed by atoms with Gasteiger partial charge in [0.15, 0.2) is 9.84 Å². The summed E-state index contributed by atoms with van der Waals surface area (Å²) in [6, 6.07) is 18.0. The van der Waals surface area contributed by atoms with Crippen LogP contribution in [0.5, 0.6) is 0 Å². The van der Waals surface area contributed by atoms with Gasteiger partial charge in [-0.05, 0) is 17.7 Å². The molecule has 0 radical (unpaired) electrons.